The monoisotopic (exact) mass is 422 g/mol. The number of phenols is 1. The van der Waals surface area contributed by atoms with Crippen molar-refractivity contribution in [2.45, 2.75) is 53.5 Å². The summed E-state index contributed by atoms with van der Waals surface area (Å²) in [6, 6.07) is 9.79. The number of nitrogens with one attached hydrogen (secondary N) is 2. The van der Waals surface area contributed by atoms with Crippen LogP contribution in [0.5, 0.6) is 11.5 Å². The van der Waals surface area contributed by atoms with E-state index in [1.54, 1.807) is 31.2 Å². The van der Waals surface area contributed by atoms with Gasteiger partial charge in [-0.05, 0) is 49.5 Å². The minimum absolute atomic E-state index is 0.0754. The molecule has 0 spiro atoms. The molecule has 2 aromatic rings. The highest BCUT2D eigenvalue weighted by Gasteiger charge is 2.29. The van der Waals surface area contributed by atoms with Gasteiger partial charge < -0.3 is 20.5 Å². The summed E-state index contributed by atoms with van der Waals surface area (Å²) in [6.07, 6.45) is 1.82. The number of ether oxygens (including phenoxy) is 1. The quantitative estimate of drug-likeness (QED) is 0.362. The van der Waals surface area contributed by atoms with Crippen LogP contribution < -0.4 is 15.4 Å². The Morgan fingerprint density at radius 2 is 2.00 bits per heavy atom. The summed E-state index contributed by atoms with van der Waals surface area (Å²) in [5.41, 5.74) is 3.94. The molecule has 164 valence electrons. The first kappa shape index (κ1) is 22.6. The Kier molecular flexibility index (Phi) is 6.80. The van der Waals surface area contributed by atoms with Crippen LogP contribution >= 0.6 is 0 Å². The summed E-state index contributed by atoms with van der Waals surface area (Å²) in [4.78, 5) is 0. The molecule has 3 N–H and O–H groups in total. The lowest BCUT2D eigenvalue weighted by Gasteiger charge is -2.27. The molecule has 0 amide bonds. The van der Waals surface area contributed by atoms with Crippen LogP contribution in [0.25, 0.3) is 0 Å². The van der Waals surface area contributed by atoms with Gasteiger partial charge in [-0.15, -0.1) is 5.92 Å². The molecule has 0 fully saturated rings. The molecule has 0 radical (unpaired) electrons. The van der Waals surface area contributed by atoms with Crippen molar-refractivity contribution >= 4 is 11.4 Å². The Morgan fingerprint density at radius 1 is 1.23 bits per heavy atom. The van der Waals surface area contributed by atoms with Gasteiger partial charge in [-0.25, -0.2) is 4.39 Å². The Bertz CT molecular complexity index is 1050. The second-order valence-corrected chi connectivity index (χ2v) is 8.66. The lowest BCUT2D eigenvalue weighted by Crippen LogP contribution is -2.18. The van der Waals surface area contributed by atoms with E-state index in [-0.39, 0.29) is 23.6 Å². The van der Waals surface area contributed by atoms with Gasteiger partial charge >= 0.3 is 0 Å². The van der Waals surface area contributed by atoms with Crippen molar-refractivity contribution in [2.75, 3.05) is 17.2 Å². The number of para-hydroxylation sites is 1. The fourth-order valence-electron chi connectivity index (χ4n) is 3.61. The second kappa shape index (κ2) is 9.34. The fraction of sp³-hybridized carbons (Fsp3) is 0.385. The molecule has 1 aliphatic rings. The van der Waals surface area contributed by atoms with Gasteiger partial charge in [-0.3, -0.25) is 0 Å². The van der Waals surface area contributed by atoms with Crippen molar-refractivity contribution in [2.24, 2.45) is 5.41 Å². The van der Waals surface area contributed by atoms with Crippen molar-refractivity contribution in [1.29, 1.82) is 0 Å². The molecule has 1 atom stereocenters. The van der Waals surface area contributed by atoms with E-state index in [1.807, 2.05) is 13.0 Å². The summed E-state index contributed by atoms with van der Waals surface area (Å²) in [5.74, 6) is 5.76. The van der Waals surface area contributed by atoms with Crippen molar-refractivity contribution in [3.63, 3.8) is 0 Å². The highest BCUT2D eigenvalue weighted by molar-refractivity contribution is 5.79. The van der Waals surface area contributed by atoms with Gasteiger partial charge in [-0.1, -0.05) is 45.2 Å². The molecule has 1 aliphatic heterocycles. The zero-order valence-electron chi connectivity index (χ0n) is 18.9. The van der Waals surface area contributed by atoms with Crippen molar-refractivity contribution in [1.82, 2.24) is 0 Å². The van der Waals surface area contributed by atoms with Crippen LogP contribution in [0.4, 0.5) is 15.8 Å². The summed E-state index contributed by atoms with van der Waals surface area (Å²) < 4.78 is 20.7. The maximum absolute atomic E-state index is 15.2. The third-order valence-corrected chi connectivity index (χ3v) is 5.91. The normalized spacial score (nSPS) is 15.7. The predicted octanol–water partition coefficient (Wildman–Crippen LogP) is 6.61. The molecule has 0 aromatic heterocycles. The number of fused-ring (bicyclic) bond motifs is 1. The molecular formula is C26H31FN2O2. The van der Waals surface area contributed by atoms with Gasteiger partial charge in [-0.2, -0.15) is 0 Å². The average molecular weight is 423 g/mol. The lowest BCUT2D eigenvalue weighted by molar-refractivity contribution is 0.347. The second-order valence-electron chi connectivity index (χ2n) is 8.66. The zero-order valence-corrected chi connectivity index (χ0v) is 18.9. The number of rotatable bonds is 6. The number of hydrogen-bond acceptors (Lipinski definition) is 4. The molecule has 0 aliphatic carbocycles. The molecule has 31 heavy (non-hydrogen) atoms. The van der Waals surface area contributed by atoms with Crippen molar-refractivity contribution < 1.29 is 14.2 Å². The molecule has 1 heterocycles. The molecule has 0 saturated heterocycles. The van der Waals surface area contributed by atoms with E-state index < -0.39 is 6.04 Å². The Morgan fingerprint density at radius 3 is 2.68 bits per heavy atom. The number of phenolic OH excluding ortho intramolecular Hbond substituents is 1. The molecule has 4 nitrogen and oxygen atoms in total. The van der Waals surface area contributed by atoms with E-state index in [0.717, 1.165) is 29.8 Å². The van der Waals surface area contributed by atoms with Gasteiger partial charge in [0.1, 0.15) is 29.6 Å². The summed E-state index contributed by atoms with van der Waals surface area (Å²) in [5, 5.41) is 17.4. The van der Waals surface area contributed by atoms with Crippen LogP contribution in [0.1, 0.15) is 59.1 Å². The summed E-state index contributed by atoms with van der Waals surface area (Å²) >= 11 is 0. The van der Waals surface area contributed by atoms with Crippen LogP contribution in [0.2, 0.25) is 0 Å². The predicted molar refractivity (Wildman–Crippen MR) is 125 cm³/mol. The van der Waals surface area contributed by atoms with E-state index in [9.17, 15) is 5.11 Å². The first-order valence-corrected chi connectivity index (χ1v) is 10.6. The number of anilines is 2. The van der Waals surface area contributed by atoms with E-state index in [0.29, 0.717) is 17.0 Å². The molecular weight excluding hydrogens is 391 g/mol. The Balaban J connectivity index is 2.05. The van der Waals surface area contributed by atoms with Gasteiger partial charge in [0.05, 0.1) is 11.7 Å². The number of allylic oxidation sites excluding steroid dienone is 1. The van der Waals surface area contributed by atoms with Gasteiger partial charge in [0.25, 0.3) is 0 Å². The number of benzene rings is 2. The van der Waals surface area contributed by atoms with Gasteiger partial charge in [0, 0.05) is 17.3 Å². The SMILES string of the molecule is CC#CCOc1ccc(C2Nc3c(O)cccc3NC(CC(C)(C)CC)=C2C)c(F)c1. The summed E-state index contributed by atoms with van der Waals surface area (Å²) in [7, 11) is 0. The molecule has 5 heteroatoms. The molecule has 0 bridgehead atoms. The maximum Gasteiger partial charge on any atom is 0.149 e. The van der Waals surface area contributed by atoms with Crippen LogP contribution in [0.3, 0.4) is 0 Å². The van der Waals surface area contributed by atoms with E-state index >= 15 is 4.39 Å². The average Bonchev–Trinajstić information content (AvgIpc) is 2.86. The van der Waals surface area contributed by atoms with E-state index in [4.69, 9.17) is 4.74 Å². The first-order valence-electron chi connectivity index (χ1n) is 10.6. The third-order valence-electron chi connectivity index (χ3n) is 5.91. The van der Waals surface area contributed by atoms with Crippen LogP contribution in [0, 0.1) is 23.1 Å². The minimum Gasteiger partial charge on any atom is -0.506 e. The summed E-state index contributed by atoms with van der Waals surface area (Å²) in [6.45, 7) is 10.6. The molecule has 0 saturated carbocycles. The third kappa shape index (κ3) is 5.14. The molecule has 2 aromatic carbocycles. The standard InChI is InChI=1S/C26H31FN2O2/c1-6-8-14-31-18-12-13-19(20(27)15-18)24-17(3)22(16-26(4,5)7-2)28-21-10-9-11-23(30)25(21)29-24/h9-13,15,24,28-30H,7,14,16H2,1-5H3. The lowest BCUT2D eigenvalue weighted by atomic mass is 9.83. The topological polar surface area (TPSA) is 53.5 Å². The Hall–Kier alpha value is -3.13. The zero-order chi connectivity index (χ0) is 22.6. The minimum atomic E-state index is -0.436. The van der Waals surface area contributed by atoms with Crippen LogP contribution in [0.15, 0.2) is 47.7 Å². The number of hydrogen-bond donors (Lipinski definition) is 3. The smallest absolute Gasteiger partial charge is 0.149 e. The number of aromatic hydroxyl groups is 1. The van der Waals surface area contributed by atoms with Gasteiger partial charge in [0.2, 0.25) is 0 Å². The van der Waals surface area contributed by atoms with Gasteiger partial charge in [0.15, 0.2) is 0 Å². The largest absolute Gasteiger partial charge is 0.506 e. The molecule has 3 rings (SSSR count). The highest BCUT2D eigenvalue weighted by Crippen LogP contribution is 2.44. The fourth-order valence-corrected chi connectivity index (χ4v) is 3.61. The molecule has 1 unspecified atom stereocenters. The highest BCUT2D eigenvalue weighted by atomic mass is 19.1. The van der Waals surface area contributed by atoms with Crippen molar-refractivity contribution in [3.05, 3.63) is 59.0 Å². The van der Waals surface area contributed by atoms with Crippen molar-refractivity contribution in [3.8, 4) is 23.3 Å². The van der Waals surface area contributed by atoms with E-state index in [2.05, 4.69) is 43.2 Å². The Labute approximate surface area is 184 Å². The van der Waals surface area contributed by atoms with Crippen LogP contribution in [-0.2, 0) is 0 Å². The number of halogens is 1. The van der Waals surface area contributed by atoms with Crippen LogP contribution in [-0.4, -0.2) is 11.7 Å². The van der Waals surface area contributed by atoms with E-state index in [1.165, 1.54) is 6.07 Å². The first-order chi connectivity index (χ1) is 14.8. The maximum atomic E-state index is 15.2.